The van der Waals surface area contributed by atoms with Crippen LogP contribution in [-0.4, -0.2) is 114 Å². The minimum atomic E-state index is -0.959. The fraction of sp³-hybridized carbons (Fsp3) is 0.829. The van der Waals surface area contributed by atoms with E-state index in [1.54, 1.807) is 13.8 Å². The third-order valence-electron chi connectivity index (χ3n) is 7.94. The van der Waals surface area contributed by atoms with Crippen LogP contribution in [0.2, 0.25) is 0 Å². The second-order valence-electron chi connectivity index (χ2n) is 14.7. The topological polar surface area (TPSA) is 237 Å². The predicted molar refractivity (Wildman–Crippen MR) is 205 cm³/mol. The summed E-state index contributed by atoms with van der Waals surface area (Å²) in [5.74, 6) is -1.98. The molecule has 298 valence electrons. The van der Waals surface area contributed by atoms with E-state index >= 15 is 0 Å². The van der Waals surface area contributed by atoms with Crippen LogP contribution in [0.25, 0.3) is 0 Å². The SMILES string of the molecule is [B]NCCCC[C@H](NC(C)=O)C(=O)NC(C(=O)N[C@@H](CCCNC(N)=O)C(=O)NCCCNCCCCNCCCNC(=O)CC(C)(C)C)C(C)C. The van der Waals surface area contributed by atoms with Crippen LogP contribution in [0, 0.1) is 11.3 Å². The Morgan fingerprint density at radius 2 is 1.12 bits per heavy atom. The van der Waals surface area contributed by atoms with Gasteiger partial charge in [0.2, 0.25) is 29.5 Å². The predicted octanol–water partition coefficient (Wildman–Crippen LogP) is -0.183. The molecule has 0 saturated carbocycles. The zero-order valence-corrected chi connectivity index (χ0v) is 32.6. The van der Waals surface area contributed by atoms with Crippen molar-refractivity contribution in [3.63, 3.8) is 0 Å². The van der Waals surface area contributed by atoms with Gasteiger partial charge in [-0.3, -0.25) is 24.0 Å². The molecule has 0 aromatic carbocycles. The van der Waals surface area contributed by atoms with Crippen molar-refractivity contribution in [3.05, 3.63) is 0 Å². The normalized spacial score (nSPS) is 13.1. The monoisotopic (exact) mass is 737 g/mol. The van der Waals surface area contributed by atoms with Gasteiger partial charge in [0.05, 0.1) is 0 Å². The molecule has 0 spiro atoms. The van der Waals surface area contributed by atoms with Crippen LogP contribution in [0.5, 0.6) is 0 Å². The number of hydrogen-bond donors (Lipinski definition) is 10. The van der Waals surface area contributed by atoms with E-state index in [0.717, 1.165) is 38.9 Å². The van der Waals surface area contributed by atoms with Crippen molar-refractivity contribution in [2.75, 3.05) is 52.4 Å². The van der Waals surface area contributed by atoms with Crippen LogP contribution in [0.15, 0.2) is 0 Å². The van der Waals surface area contributed by atoms with Crippen molar-refractivity contribution in [1.82, 2.24) is 47.8 Å². The smallest absolute Gasteiger partial charge is 0.312 e. The van der Waals surface area contributed by atoms with Crippen molar-refractivity contribution in [2.24, 2.45) is 17.1 Å². The maximum atomic E-state index is 13.4. The van der Waals surface area contributed by atoms with Gasteiger partial charge in [0, 0.05) is 33.0 Å². The first-order valence-electron chi connectivity index (χ1n) is 18.9. The highest BCUT2D eigenvalue weighted by molar-refractivity contribution is 6.04. The Kier molecular flexibility index (Phi) is 27.1. The van der Waals surface area contributed by atoms with Gasteiger partial charge in [-0.1, -0.05) is 34.6 Å². The Balaban J connectivity index is 4.74. The molecule has 16 nitrogen and oxygen atoms in total. The maximum Gasteiger partial charge on any atom is 0.312 e. The molecule has 7 amide bonds. The standard InChI is InChI=1S/C35H69BN10O6/c1-25(2)30(46-32(50)28(44-26(3)47)14-7-8-23-43-36)33(51)45-27(15-11-20-42-34(37)52)31(49)41-22-13-19-39-17-10-9-16-38-18-12-21-40-29(48)24-35(4,5)6/h25,27-28,30,38-39,43H,7-24H2,1-6H3,(H,40,48)(H,41,49)(H,44,47)(H,45,51)(H,46,50)(H3,37,42,52)/t27-,28-,30?/m0/s1. The van der Waals surface area contributed by atoms with Gasteiger partial charge < -0.3 is 53.5 Å². The van der Waals surface area contributed by atoms with Crippen molar-refractivity contribution in [3.8, 4) is 0 Å². The minimum absolute atomic E-state index is 0.00828. The minimum Gasteiger partial charge on any atom is -0.366 e. The fourth-order valence-corrected chi connectivity index (χ4v) is 5.21. The van der Waals surface area contributed by atoms with Crippen LogP contribution in [0.3, 0.4) is 0 Å². The molecule has 52 heavy (non-hydrogen) atoms. The molecule has 1 unspecified atom stereocenters. The third kappa shape index (κ3) is 27.2. The first kappa shape index (κ1) is 48.6. The molecule has 3 atom stereocenters. The lowest BCUT2D eigenvalue weighted by Crippen LogP contribution is -2.58. The van der Waals surface area contributed by atoms with Crippen molar-refractivity contribution >= 4 is 43.5 Å². The van der Waals surface area contributed by atoms with Crippen molar-refractivity contribution in [2.45, 2.75) is 124 Å². The van der Waals surface area contributed by atoms with Crippen LogP contribution in [0.1, 0.15) is 106 Å². The molecule has 17 heteroatoms. The molecule has 0 aliphatic heterocycles. The van der Waals surface area contributed by atoms with Gasteiger partial charge in [0.1, 0.15) is 18.1 Å². The van der Waals surface area contributed by atoms with Gasteiger partial charge in [-0.2, -0.15) is 0 Å². The number of hydrogen-bond acceptors (Lipinski definition) is 9. The number of urea groups is 1. The largest absolute Gasteiger partial charge is 0.366 e. The molecule has 0 aromatic rings. The number of rotatable bonds is 30. The summed E-state index contributed by atoms with van der Waals surface area (Å²) < 4.78 is 0. The van der Waals surface area contributed by atoms with E-state index in [0.29, 0.717) is 64.7 Å². The Labute approximate surface area is 313 Å². The summed E-state index contributed by atoms with van der Waals surface area (Å²) >= 11 is 0. The van der Waals surface area contributed by atoms with E-state index < -0.39 is 36.0 Å². The number of amides is 7. The molecule has 11 N–H and O–H groups in total. The van der Waals surface area contributed by atoms with Gasteiger partial charge in [-0.15, -0.1) is 0 Å². The van der Waals surface area contributed by atoms with E-state index in [1.807, 2.05) is 20.8 Å². The number of carbonyl (C=O) groups excluding carboxylic acids is 6. The van der Waals surface area contributed by atoms with Crippen LogP contribution < -0.4 is 53.5 Å². The van der Waals surface area contributed by atoms with E-state index in [4.69, 9.17) is 13.7 Å². The first-order valence-corrected chi connectivity index (χ1v) is 18.9. The lowest BCUT2D eigenvalue weighted by molar-refractivity contribution is -0.134. The van der Waals surface area contributed by atoms with Crippen molar-refractivity contribution < 1.29 is 28.8 Å². The molecule has 2 radical (unpaired) electrons. The Hall–Kier alpha value is -3.44. The van der Waals surface area contributed by atoms with Crippen molar-refractivity contribution in [1.29, 1.82) is 0 Å². The first-order chi connectivity index (χ1) is 24.6. The molecule has 0 aliphatic carbocycles. The molecule has 0 rings (SSSR count). The summed E-state index contributed by atoms with van der Waals surface area (Å²) in [6.07, 6.45) is 6.42. The maximum absolute atomic E-state index is 13.4. The summed E-state index contributed by atoms with van der Waals surface area (Å²) in [7, 11) is 5.32. The van der Waals surface area contributed by atoms with Crippen LogP contribution in [0.4, 0.5) is 4.79 Å². The van der Waals surface area contributed by atoms with Gasteiger partial charge in [-0.25, -0.2) is 4.79 Å². The second kappa shape index (κ2) is 29.1. The zero-order valence-electron chi connectivity index (χ0n) is 32.6. The number of nitrogens with two attached hydrogens (primary N) is 1. The lowest BCUT2D eigenvalue weighted by atomic mass is 9.92. The number of primary amides is 1. The quantitative estimate of drug-likeness (QED) is 0.0347. The molecule has 0 heterocycles. The summed E-state index contributed by atoms with van der Waals surface area (Å²) in [4.78, 5) is 74.5. The van der Waals surface area contributed by atoms with Gasteiger partial charge in [-0.05, 0) is 102 Å². The van der Waals surface area contributed by atoms with Crippen LogP contribution >= 0.6 is 0 Å². The Morgan fingerprint density at radius 3 is 1.65 bits per heavy atom. The van der Waals surface area contributed by atoms with Crippen LogP contribution in [-0.2, 0) is 24.0 Å². The zero-order chi connectivity index (χ0) is 39.4. The average Bonchev–Trinajstić information content (AvgIpc) is 3.04. The lowest BCUT2D eigenvalue weighted by Gasteiger charge is -2.27. The van der Waals surface area contributed by atoms with E-state index in [1.165, 1.54) is 6.92 Å². The van der Waals surface area contributed by atoms with Gasteiger partial charge in [0.15, 0.2) is 7.98 Å². The number of unbranched alkanes of at least 4 members (excludes halogenated alkanes) is 2. The highest BCUT2D eigenvalue weighted by Gasteiger charge is 2.31. The Bertz CT molecular complexity index is 1060. The third-order valence-corrected chi connectivity index (χ3v) is 7.94. The average molecular weight is 737 g/mol. The Morgan fingerprint density at radius 1 is 0.596 bits per heavy atom. The molecule has 0 fully saturated rings. The highest BCUT2D eigenvalue weighted by Crippen LogP contribution is 2.17. The van der Waals surface area contributed by atoms with E-state index in [9.17, 15) is 28.8 Å². The molecular formula is C35H69BN10O6. The second-order valence-corrected chi connectivity index (χ2v) is 14.7. The summed E-state index contributed by atoms with van der Waals surface area (Å²) in [6, 6.07) is -3.38. The van der Waals surface area contributed by atoms with Gasteiger partial charge in [0.25, 0.3) is 0 Å². The molecule has 0 saturated heterocycles. The van der Waals surface area contributed by atoms with E-state index in [2.05, 4.69) is 47.8 Å². The number of carbonyl (C=O) groups is 6. The highest BCUT2D eigenvalue weighted by atomic mass is 16.2. The summed E-state index contributed by atoms with van der Waals surface area (Å²) in [5.41, 5.74) is 5.15. The van der Waals surface area contributed by atoms with E-state index in [-0.39, 0.29) is 42.0 Å². The van der Waals surface area contributed by atoms with Gasteiger partial charge >= 0.3 is 6.03 Å². The molecular weight excluding hydrogens is 667 g/mol. The molecule has 0 aliphatic rings. The number of nitrogens with one attached hydrogen (secondary N) is 9. The summed E-state index contributed by atoms with van der Waals surface area (Å²) in [6.45, 7) is 16.2. The molecule has 0 bridgehead atoms. The molecule has 0 aromatic heterocycles. The fourth-order valence-electron chi connectivity index (χ4n) is 5.21. The summed E-state index contributed by atoms with van der Waals surface area (Å²) in [5, 5.41) is 25.8.